The number of hydrogen-bond donors (Lipinski definition) is 2. The molecular formula is C11H17Cl3N2O2S. The average molecular weight is 348 g/mol. The Labute approximate surface area is 130 Å². The summed E-state index contributed by atoms with van der Waals surface area (Å²) in [6, 6.07) is 4.81. The standard InChI is InChI=1S/C11H16Cl2N2O2S.ClH/c1-14-5-2-6-15-18(16,17)8-9-3-4-10(12)11(13)7-9;/h3-4,7,14-15H,2,5-6,8H2,1H3;1H. The molecule has 0 heterocycles. The molecule has 1 rings (SSSR count). The number of hydrogen-bond acceptors (Lipinski definition) is 3. The number of rotatable bonds is 7. The normalized spacial score (nSPS) is 11.1. The molecule has 0 aliphatic rings. The topological polar surface area (TPSA) is 58.2 Å². The summed E-state index contributed by atoms with van der Waals surface area (Å²) in [7, 11) is -1.50. The molecule has 8 heteroatoms. The highest BCUT2D eigenvalue weighted by Crippen LogP contribution is 2.23. The van der Waals surface area contributed by atoms with Crippen LogP contribution in [0.4, 0.5) is 0 Å². The van der Waals surface area contributed by atoms with E-state index >= 15 is 0 Å². The van der Waals surface area contributed by atoms with E-state index in [-0.39, 0.29) is 18.2 Å². The molecule has 0 aliphatic carbocycles. The van der Waals surface area contributed by atoms with Crippen LogP contribution in [0.25, 0.3) is 0 Å². The highest BCUT2D eigenvalue weighted by molar-refractivity contribution is 7.88. The number of sulfonamides is 1. The molecule has 0 bridgehead atoms. The molecule has 0 amide bonds. The summed E-state index contributed by atoms with van der Waals surface area (Å²) in [6.45, 7) is 1.19. The fourth-order valence-electron chi connectivity index (χ4n) is 1.39. The van der Waals surface area contributed by atoms with Crippen LogP contribution in [0.15, 0.2) is 18.2 Å². The molecular weight excluding hydrogens is 331 g/mol. The Balaban J connectivity index is 0.00000324. The lowest BCUT2D eigenvalue weighted by atomic mass is 10.2. The zero-order chi connectivity index (χ0) is 13.6. The van der Waals surface area contributed by atoms with Crippen LogP contribution < -0.4 is 10.0 Å². The molecule has 0 spiro atoms. The summed E-state index contributed by atoms with van der Waals surface area (Å²) in [5.41, 5.74) is 0.616. The van der Waals surface area contributed by atoms with Crippen molar-refractivity contribution in [3.63, 3.8) is 0 Å². The van der Waals surface area contributed by atoms with Crippen LogP contribution in [0.3, 0.4) is 0 Å². The van der Waals surface area contributed by atoms with Crippen LogP contribution in [0.5, 0.6) is 0 Å². The van der Waals surface area contributed by atoms with Gasteiger partial charge in [0, 0.05) is 6.54 Å². The minimum absolute atomic E-state index is 0. The highest BCUT2D eigenvalue weighted by atomic mass is 35.5. The zero-order valence-corrected chi connectivity index (χ0v) is 13.6. The van der Waals surface area contributed by atoms with Crippen molar-refractivity contribution in [1.82, 2.24) is 10.0 Å². The summed E-state index contributed by atoms with van der Waals surface area (Å²) < 4.78 is 26.0. The highest BCUT2D eigenvalue weighted by Gasteiger charge is 2.11. The minimum atomic E-state index is -3.32. The van der Waals surface area contributed by atoms with Crippen LogP contribution in [0.2, 0.25) is 10.0 Å². The minimum Gasteiger partial charge on any atom is -0.320 e. The largest absolute Gasteiger partial charge is 0.320 e. The molecule has 1 aromatic rings. The van der Waals surface area contributed by atoms with Crippen molar-refractivity contribution in [2.45, 2.75) is 12.2 Å². The monoisotopic (exact) mass is 346 g/mol. The molecule has 0 saturated carbocycles. The molecule has 0 saturated heterocycles. The maximum absolute atomic E-state index is 11.8. The molecule has 0 radical (unpaired) electrons. The lowest BCUT2D eigenvalue weighted by Gasteiger charge is -2.07. The predicted molar refractivity (Wildman–Crippen MR) is 82.9 cm³/mol. The van der Waals surface area contributed by atoms with Crippen molar-refractivity contribution >= 4 is 45.6 Å². The Hall–Kier alpha value is -0.0400. The molecule has 19 heavy (non-hydrogen) atoms. The van der Waals surface area contributed by atoms with Crippen LogP contribution in [-0.4, -0.2) is 28.6 Å². The molecule has 1 aromatic carbocycles. The van der Waals surface area contributed by atoms with E-state index in [1.54, 1.807) is 18.2 Å². The van der Waals surface area contributed by atoms with Gasteiger partial charge in [-0.2, -0.15) is 0 Å². The van der Waals surface area contributed by atoms with Gasteiger partial charge in [-0.05, 0) is 37.7 Å². The van der Waals surface area contributed by atoms with Crippen molar-refractivity contribution in [3.8, 4) is 0 Å². The van der Waals surface area contributed by atoms with Crippen molar-refractivity contribution in [2.75, 3.05) is 20.1 Å². The molecule has 0 fully saturated rings. The van der Waals surface area contributed by atoms with Crippen LogP contribution in [0.1, 0.15) is 12.0 Å². The Morgan fingerprint density at radius 3 is 2.42 bits per heavy atom. The van der Waals surface area contributed by atoms with E-state index in [0.717, 1.165) is 13.0 Å². The number of benzene rings is 1. The second kappa shape index (κ2) is 9.00. The van der Waals surface area contributed by atoms with Crippen molar-refractivity contribution in [3.05, 3.63) is 33.8 Å². The third kappa shape index (κ3) is 7.34. The van der Waals surface area contributed by atoms with Gasteiger partial charge in [0.15, 0.2) is 0 Å². The van der Waals surface area contributed by atoms with Gasteiger partial charge in [-0.25, -0.2) is 13.1 Å². The Morgan fingerprint density at radius 2 is 1.84 bits per heavy atom. The van der Waals surface area contributed by atoms with Gasteiger partial charge in [0.25, 0.3) is 0 Å². The van der Waals surface area contributed by atoms with Gasteiger partial charge in [-0.1, -0.05) is 29.3 Å². The fraction of sp³-hybridized carbons (Fsp3) is 0.455. The fourth-order valence-corrected chi connectivity index (χ4v) is 2.89. The summed E-state index contributed by atoms with van der Waals surface area (Å²) >= 11 is 11.6. The first-order valence-electron chi connectivity index (χ1n) is 5.50. The molecule has 4 nitrogen and oxygen atoms in total. The Morgan fingerprint density at radius 1 is 1.16 bits per heavy atom. The third-order valence-electron chi connectivity index (χ3n) is 2.27. The second-order valence-corrected chi connectivity index (χ2v) is 6.48. The van der Waals surface area contributed by atoms with E-state index in [4.69, 9.17) is 23.2 Å². The average Bonchev–Trinajstić information content (AvgIpc) is 2.29. The van der Waals surface area contributed by atoms with Gasteiger partial charge in [0.2, 0.25) is 10.0 Å². The van der Waals surface area contributed by atoms with Gasteiger partial charge in [0.05, 0.1) is 15.8 Å². The smallest absolute Gasteiger partial charge is 0.215 e. The van der Waals surface area contributed by atoms with Gasteiger partial charge >= 0.3 is 0 Å². The predicted octanol–water partition coefficient (Wildman–Crippen LogP) is 2.44. The SMILES string of the molecule is CNCCCNS(=O)(=O)Cc1ccc(Cl)c(Cl)c1.Cl. The molecule has 0 aromatic heterocycles. The van der Waals surface area contributed by atoms with E-state index in [9.17, 15) is 8.42 Å². The summed E-state index contributed by atoms with van der Waals surface area (Å²) in [5.74, 6) is -0.0938. The quantitative estimate of drug-likeness (QED) is 0.745. The first kappa shape index (κ1) is 19.0. The maximum Gasteiger partial charge on any atom is 0.215 e. The van der Waals surface area contributed by atoms with Crippen molar-refractivity contribution in [2.24, 2.45) is 0 Å². The summed E-state index contributed by atoms with van der Waals surface area (Å²) in [6.07, 6.45) is 0.747. The van der Waals surface area contributed by atoms with Gasteiger partial charge in [-0.15, -0.1) is 12.4 Å². The number of halogens is 3. The Bertz CT molecular complexity index is 495. The molecule has 2 N–H and O–H groups in total. The van der Waals surface area contributed by atoms with E-state index < -0.39 is 10.0 Å². The Kier molecular flexibility index (Phi) is 8.98. The summed E-state index contributed by atoms with van der Waals surface area (Å²) in [4.78, 5) is 0. The van der Waals surface area contributed by atoms with E-state index in [2.05, 4.69) is 10.0 Å². The number of nitrogens with one attached hydrogen (secondary N) is 2. The first-order chi connectivity index (χ1) is 8.44. The van der Waals surface area contributed by atoms with Gasteiger partial charge in [0.1, 0.15) is 0 Å². The molecule has 0 atom stereocenters. The van der Waals surface area contributed by atoms with E-state index in [1.165, 1.54) is 0 Å². The molecule has 0 unspecified atom stereocenters. The molecule has 110 valence electrons. The van der Waals surface area contributed by atoms with Gasteiger partial charge < -0.3 is 5.32 Å². The van der Waals surface area contributed by atoms with Crippen LogP contribution >= 0.6 is 35.6 Å². The van der Waals surface area contributed by atoms with Crippen molar-refractivity contribution < 1.29 is 8.42 Å². The van der Waals surface area contributed by atoms with Crippen molar-refractivity contribution in [1.29, 1.82) is 0 Å². The second-order valence-electron chi connectivity index (χ2n) is 3.86. The molecule has 0 aliphatic heterocycles. The van der Waals surface area contributed by atoms with E-state index in [1.807, 2.05) is 7.05 Å². The lowest BCUT2D eigenvalue weighted by Crippen LogP contribution is -2.27. The van der Waals surface area contributed by atoms with Crippen LogP contribution in [0, 0.1) is 0 Å². The zero-order valence-electron chi connectivity index (χ0n) is 10.4. The van der Waals surface area contributed by atoms with E-state index in [0.29, 0.717) is 22.2 Å². The first-order valence-corrected chi connectivity index (χ1v) is 7.91. The summed E-state index contributed by atoms with van der Waals surface area (Å²) in [5, 5.41) is 3.73. The lowest BCUT2D eigenvalue weighted by molar-refractivity contribution is 0.576. The van der Waals surface area contributed by atoms with Gasteiger partial charge in [-0.3, -0.25) is 0 Å². The van der Waals surface area contributed by atoms with Crippen LogP contribution in [-0.2, 0) is 15.8 Å². The maximum atomic E-state index is 11.8. The third-order valence-corrected chi connectivity index (χ3v) is 4.36.